The average Bonchev–Trinajstić information content (AvgIpc) is 2.27. The predicted molar refractivity (Wildman–Crippen MR) is 64.8 cm³/mol. The van der Waals surface area contributed by atoms with Crippen molar-refractivity contribution >= 4 is 23.5 Å². The van der Waals surface area contributed by atoms with E-state index in [1.807, 2.05) is 0 Å². The number of ether oxygens (including phenoxy) is 1. The third-order valence-corrected chi connectivity index (χ3v) is 2.31. The minimum atomic E-state index is -1.05. The number of carboxylic acids is 1. The van der Waals surface area contributed by atoms with Gasteiger partial charge in [0.25, 0.3) is 5.91 Å². The van der Waals surface area contributed by atoms with Gasteiger partial charge in [0.15, 0.2) is 0 Å². The third kappa shape index (κ3) is 4.68. The van der Waals surface area contributed by atoms with E-state index in [9.17, 15) is 9.59 Å². The molecular formula is C11H13ClN2O4. The molecule has 0 saturated heterocycles. The van der Waals surface area contributed by atoms with Gasteiger partial charge in [0.05, 0.1) is 17.2 Å². The Morgan fingerprint density at radius 3 is 2.89 bits per heavy atom. The van der Waals surface area contributed by atoms with Crippen LogP contribution in [0.3, 0.4) is 0 Å². The van der Waals surface area contributed by atoms with Crippen LogP contribution in [-0.4, -0.2) is 41.7 Å². The highest BCUT2D eigenvalue weighted by Crippen LogP contribution is 2.15. The average molecular weight is 273 g/mol. The van der Waals surface area contributed by atoms with E-state index >= 15 is 0 Å². The Morgan fingerprint density at radius 1 is 1.56 bits per heavy atom. The van der Waals surface area contributed by atoms with Gasteiger partial charge in [-0.25, -0.2) is 4.79 Å². The van der Waals surface area contributed by atoms with E-state index in [1.165, 1.54) is 6.20 Å². The molecule has 18 heavy (non-hydrogen) atoms. The summed E-state index contributed by atoms with van der Waals surface area (Å²) in [6, 6.07) is 1.59. The van der Waals surface area contributed by atoms with E-state index in [2.05, 4.69) is 10.3 Å². The van der Waals surface area contributed by atoms with E-state index in [-0.39, 0.29) is 31.2 Å². The molecular weight excluding hydrogens is 260 g/mol. The second-order valence-corrected chi connectivity index (χ2v) is 3.91. The fraction of sp³-hybridized carbons (Fsp3) is 0.364. The summed E-state index contributed by atoms with van der Waals surface area (Å²) >= 11 is 5.90. The minimum Gasteiger partial charge on any atom is -0.480 e. The van der Waals surface area contributed by atoms with Gasteiger partial charge in [-0.2, -0.15) is 0 Å². The molecule has 0 aliphatic rings. The maximum absolute atomic E-state index is 11.7. The second-order valence-electron chi connectivity index (χ2n) is 3.51. The Hall–Kier alpha value is -1.66. The van der Waals surface area contributed by atoms with Crippen molar-refractivity contribution in [2.45, 2.75) is 6.92 Å². The van der Waals surface area contributed by atoms with Gasteiger partial charge in [0, 0.05) is 18.4 Å². The fourth-order valence-corrected chi connectivity index (χ4v) is 1.48. The van der Waals surface area contributed by atoms with Crippen LogP contribution in [0.4, 0.5) is 0 Å². The first-order chi connectivity index (χ1) is 8.50. The van der Waals surface area contributed by atoms with Crippen LogP contribution in [0.5, 0.6) is 0 Å². The van der Waals surface area contributed by atoms with Crippen molar-refractivity contribution < 1.29 is 19.4 Å². The molecule has 98 valence electrons. The number of amides is 1. The summed E-state index contributed by atoms with van der Waals surface area (Å²) in [4.78, 5) is 25.8. The molecule has 0 aliphatic carbocycles. The zero-order valence-electron chi connectivity index (χ0n) is 9.77. The molecule has 7 heteroatoms. The number of carbonyl (C=O) groups excluding carboxylic acids is 1. The van der Waals surface area contributed by atoms with Gasteiger partial charge >= 0.3 is 5.97 Å². The van der Waals surface area contributed by atoms with Gasteiger partial charge < -0.3 is 15.2 Å². The van der Waals surface area contributed by atoms with Crippen LogP contribution in [0.15, 0.2) is 12.3 Å². The van der Waals surface area contributed by atoms with Crippen LogP contribution in [0.25, 0.3) is 0 Å². The Labute approximate surface area is 109 Å². The standard InChI is InChI=1S/C11H13ClN2O4/c1-7-4-9(12)8(5-14-7)11(17)13-2-3-18-6-10(15)16/h4-5H,2-3,6H2,1H3,(H,13,17)(H,15,16). The number of aliphatic carboxylic acids is 1. The Morgan fingerprint density at radius 2 is 2.28 bits per heavy atom. The van der Waals surface area contributed by atoms with Gasteiger partial charge in [0.2, 0.25) is 0 Å². The monoisotopic (exact) mass is 272 g/mol. The van der Waals surface area contributed by atoms with Crippen molar-refractivity contribution in [2.24, 2.45) is 0 Å². The number of carboxylic acid groups (broad SMARTS) is 1. The van der Waals surface area contributed by atoms with Crippen molar-refractivity contribution in [1.29, 1.82) is 0 Å². The predicted octanol–water partition coefficient (Wildman–Crippen LogP) is 0.874. The molecule has 0 unspecified atom stereocenters. The van der Waals surface area contributed by atoms with Crippen molar-refractivity contribution in [3.63, 3.8) is 0 Å². The molecule has 6 nitrogen and oxygen atoms in total. The van der Waals surface area contributed by atoms with E-state index in [4.69, 9.17) is 21.4 Å². The number of hydrogen-bond acceptors (Lipinski definition) is 4. The molecule has 0 bridgehead atoms. The molecule has 0 fully saturated rings. The van der Waals surface area contributed by atoms with E-state index < -0.39 is 5.97 Å². The number of nitrogens with zero attached hydrogens (tertiary/aromatic N) is 1. The first-order valence-corrected chi connectivity index (χ1v) is 5.58. The summed E-state index contributed by atoms with van der Waals surface area (Å²) in [5.41, 5.74) is 1.00. The molecule has 0 spiro atoms. The van der Waals surface area contributed by atoms with Gasteiger partial charge in [-0.1, -0.05) is 11.6 Å². The van der Waals surface area contributed by atoms with Gasteiger partial charge in [-0.05, 0) is 13.0 Å². The number of nitrogens with one attached hydrogen (secondary N) is 1. The maximum atomic E-state index is 11.7. The van der Waals surface area contributed by atoms with Crippen LogP contribution in [0.2, 0.25) is 5.02 Å². The Kier molecular flexibility index (Phi) is 5.54. The number of carbonyl (C=O) groups is 2. The molecule has 0 radical (unpaired) electrons. The number of aryl methyl sites for hydroxylation is 1. The molecule has 1 heterocycles. The van der Waals surface area contributed by atoms with Gasteiger partial charge in [0.1, 0.15) is 6.61 Å². The van der Waals surface area contributed by atoms with Gasteiger partial charge in [-0.15, -0.1) is 0 Å². The fourth-order valence-electron chi connectivity index (χ4n) is 1.18. The highest BCUT2D eigenvalue weighted by Gasteiger charge is 2.10. The normalized spacial score (nSPS) is 10.1. The summed E-state index contributed by atoms with van der Waals surface area (Å²) in [7, 11) is 0. The number of pyridine rings is 1. The summed E-state index contributed by atoms with van der Waals surface area (Å²) in [6.07, 6.45) is 1.39. The number of aromatic nitrogens is 1. The van der Waals surface area contributed by atoms with Crippen LogP contribution in [-0.2, 0) is 9.53 Å². The highest BCUT2D eigenvalue weighted by molar-refractivity contribution is 6.33. The van der Waals surface area contributed by atoms with Crippen LogP contribution >= 0.6 is 11.6 Å². The summed E-state index contributed by atoms with van der Waals surface area (Å²) in [5.74, 6) is -1.42. The topological polar surface area (TPSA) is 88.5 Å². The summed E-state index contributed by atoms with van der Waals surface area (Å²) < 4.78 is 4.77. The number of rotatable bonds is 6. The van der Waals surface area contributed by atoms with Crippen molar-refractivity contribution in [3.05, 3.63) is 28.5 Å². The largest absolute Gasteiger partial charge is 0.480 e. The van der Waals surface area contributed by atoms with Crippen LogP contribution < -0.4 is 5.32 Å². The molecule has 1 rings (SSSR count). The molecule has 1 aromatic heterocycles. The van der Waals surface area contributed by atoms with Crippen LogP contribution in [0.1, 0.15) is 16.1 Å². The Balaban J connectivity index is 2.39. The molecule has 1 aromatic rings. The van der Waals surface area contributed by atoms with Crippen molar-refractivity contribution in [2.75, 3.05) is 19.8 Å². The first kappa shape index (κ1) is 14.4. The second kappa shape index (κ2) is 6.93. The molecule has 1 amide bonds. The number of halogens is 1. The molecule has 0 aromatic carbocycles. The molecule has 0 atom stereocenters. The smallest absolute Gasteiger partial charge is 0.329 e. The quantitative estimate of drug-likeness (QED) is 0.750. The lowest BCUT2D eigenvalue weighted by Crippen LogP contribution is -2.28. The van der Waals surface area contributed by atoms with Gasteiger partial charge in [-0.3, -0.25) is 9.78 Å². The lowest BCUT2D eigenvalue weighted by atomic mass is 10.2. The third-order valence-electron chi connectivity index (χ3n) is 1.99. The molecule has 2 N–H and O–H groups in total. The first-order valence-electron chi connectivity index (χ1n) is 5.20. The van der Waals surface area contributed by atoms with Crippen LogP contribution in [0, 0.1) is 6.92 Å². The lowest BCUT2D eigenvalue weighted by Gasteiger charge is -2.06. The highest BCUT2D eigenvalue weighted by atomic mass is 35.5. The van der Waals surface area contributed by atoms with E-state index in [0.717, 1.165) is 5.69 Å². The van der Waals surface area contributed by atoms with Crippen molar-refractivity contribution in [3.8, 4) is 0 Å². The van der Waals surface area contributed by atoms with E-state index in [0.29, 0.717) is 5.02 Å². The SMILES string of the molecule is Cc1cc(Cl)c(C(=O)NCCOCC(=O)O)cn1. The minimum absolute atomic E-state index is 0.120. The van der Waals surface area contributed by atoms with Crippen molar-refractivity contribution in [1.82, 2.24) is 10.3 Å². The summed E-state index contributed by atoms with van der Waals surface area (Å²) in [6.45, 7) is 1.71. The molecule has 0 saturated carbocycles. The zero-order chi connectivity index (χ0) is 13.5. The molecule has 0 aliphatic heterocycles. The van der Waals surface area contributed by atoms with E-state index in [1.54, 1.807) is 13.0 Å². The maximum Gasteiger partial charge on any atom is 0.329 e. The Bertz CT molecular complexity index is 451. The zero-order valence-corrected chi connectivity index (χ0v) is 10.5. The summed E-state index contributed by atoms with van der Waals surface area (Å²) in [5, 5.41) is 11.2. The number of hydrogen-bond donors (Lipinski definition) is 2. The lowest BCUT2D eigenvalue weighted by molar-refractivity contribution is -0.142.